The Labute approximate surface area is 107 Å². The van der Waals surface area contributed by atoms with Crippen molar-refractivity contribution in [1.82, 2.24) is 4.98 Å². The molecule has 1 aromatic rings. The highest BCUT2D eigenvalue weighted by atomic mass is 16.5. The molecule has 5 heteroatoms. The van der Waals surface area contributed by atoms with E-state index in [1.807, 2.05) is 18.0 Å². The molecule has 0 spiro atoms. The van der Waals surface area contributed by atoms with Crippen molar-refractivity contribution < 1.29 is 9.53 Å². The highest BCUT2D eigenvalue weighted by Gasteiger charge is 2.12. The Morgan fingerprint density at radius 1 is 1.56 bits per heavy atom. The van der Waals surface area contributed by atoms with Crippen LogP contribution in [-0.2, 0) is 4.74 Å². The molecular formula is C13H17N3O2. The molecule has 5 nitrogen and oxygen atoms in total. The number of carbonyl (C=O) groups excluding carboxylic acids is 1. The fourth-order valence-electron chi connectivity index (χ4n) is 1.51. The van der Waals surface area contributed by atoms with E-state index in [4.69, 9.17) is 5.26 Å². The van der Waals surface area contributed by atoms with Crippen molar-refractivity contribution in [2.75, 3.05) is 25.6 Å². The molecule has 96 valence electrons. The van der Waals surface area contributed by atoms with Crippen molar-refractivity contribution in [1.29, 1.82) is 5.26 Å². The normalized spacial score (nSPS) is 9.67. The number of hydrogen-bond donors (Lipinski definition) is 0. The number of pyridine rings is 1. The molecule has 0 N–H and O–H groups in total. The standard InChI is InChI=1S/C13H17N3O2/c1-4-5-6-16(2)12-8-10(13(17)18-3)7-11(9-14)15-12/h7-8H,4-6H2,1-3H3. The monoisotopic (exact) mass is 247 g/mol. The number of unbranched alkanes of at least 4 members (excludes halogenated alkanes) is 1. The van der Waals surface area contributed by atoms with E-state index in [2.05, 4.69) is 16.6 Å². The zero-order chi connectivity index (χ0) is 13.5. The van der Waals surface area contributed by atoms with Crippen molar-refractivity contribution in [3.8, 4) is 6.07 Å². The Balaban J connectivity index is 3.04. The molecule has 1 heterocycles. The van der Waals surface area contributed by atoms with E-state index in [0.717, 1.165) is 19.4 Å². The minimum Gasteiger partial charge on any atom is -0.465 e. The molecule has 0 saturated carbocycles. The molecule has 0 radical (unpaired) electrons. The van der Waals surface area contributed by atoms with Gasteiger partial charge in [-0.2, -0.15) is 5.26 Å². The molecule has 0 atom stereocenters. The summed E-state index contributed by atoms with van der Waals surface area (Å²) in [5, 5.41) is 8.92. The van der Waals surface area contributed by atoms with Crippen LogP contribution in [0.25, 0.3) is 0 Å². The number of anilines is 1. The van der Waals surface area contributed by atoms with Crippen LogP contribution >= 0.6 is 0 Å². The first-order valence-electron chi connectivity index (χ1n) is 5.84. The summed E-state index contributed by atoms with van der Waals surface area (Å²) in [5.41, 5.74) is 0.568. The summed E-state index contributed by atoms with van der Waals surface area (Å²) in [6.45, 7) is 2.94. The molecule has 0 aliphatic carbocycles. The number of ether oxygens (including phenoxy) is 1. The smallest absolute Gasteiger partial charge is 0.338 e. The van der Waals surface area contributed by atoms with Gasteiger partial charge in [-0.3, -0.25) is 0 Å². The molecular weight excluding hydrogens is 230 g/mol. The Morgan fingerprint density at radius 2 is 2.28 bits per heavy atom. The highest BCUT2D eigenvalue weighted by Crippen LogP contribution is 2.15. The molecule has 0 bridgehead atoms. The van der Waals surface area contributed by atoms with E-state index < -0.39 is 5.97 Å². The van der Waals surface area contributed by atoms with Crippen LogP contribution in [-0.4, -0.2) is 31.7 Å². The Kier molecular flexibility index (Phi) is 5.12. The number of nitriles is 1. The van der Waals surface area contributed by atoms with Gasteiger partial charge in [0, 0.05) is 13.6 Å². The molecule has 0 aliphatic rings. The van der Waals surface area contributed by atoms with Crippen molar-refractivity contribution in [3.05, 3.63) is 23.4 Å². The summed E-state index contributed by atoms with van der Waals surface area (Å²) < 4.78 is 4.66. The van der Waals surface area contributed by atoms with Gasteiger partial charge < -0.3 is 9.64 Å². The van der Waals surface area contributed by atoms with Gasteiger partial charge in [-0.05, 0) is 18.6 Å². The van der Waals surface area contributed by atoms with Crippen LogP contribution in [0.1, 0.15) is 35.8 Å². The topological polar surface area (TPSA) is 66.2 Å². The first-order chi connectivity index (χ1) is 8.62. The fraction of sp³-hybridized carbons (Fsp3) is 0.462. The summed E-state index contributed by atoms with van der Waals surface area (Å²) in [6, 6.07) is 5.03. The minimum absolute atomic E-state index is 0.219. The van der Waals surface area contributed by atoms with Gasteiger partial charge in [0.15, 0.2) is 0 Å². The zero-order valence-electron chi connectivity index (χ0n) is 10.9. The largest absolute Gasteiger partial charge is 0.465 e. The summed E-state index contributed by atoms with van der Waals surface area (Å²) in [5.74, 6) is 0.155. The second kappa shape index (κ2) is 6.60. The van der Waals surface area contributed by atoms with Gasteiger partial charge in [-0.1, -0.05) is 13.3 Å². The maximum atomic E-state index is 11.5. The van der Waals surface area contributed by atoms with E-state index in [9.17, 15) is 4.79 Å². The molecule has 0 amide bonds. The van der Waals surface area contributed by atoms with Crippen LogP contribution in [0, 0.1) is 11.3 Å². The quantitative estimate of drug-likeness (QED) is 0.744. The summed E-state index contributed by atoms with van der Waals surface area (Å²) in [7, 11) is 3.20. The van der Waals surface area contributed by atoms with E-state index in [1.165, 1.54) is 13.2 Å². The second-order valence-corrected chi connectivity index (χ2v) is 3.98. The lowest BCUT2D eigenvalue weighted by atomic mass is 10.2. The third-order valence-corrected chi connectivity index (χ3v) is 2.59. The van der Waals surface area contributed by atoms with E-state index >= 15 is 0 Å². The van der Waals surface area contributed by atoms with Gasteiger partial charge in [-0.25, -0.2) is 9.78 Å². The molecule has 0 fully saturated rings. The number of aromatic nitrogens is 1. The Bertz CT molecular complexity index is 466. The van der Waals surface area contributed by atoms with Crippen molar-refractivity contribution in [2.24, 2.45) is 0 Å². The summed E-state index contributed by atoms with van der Waals surface area (Å²) >= 11 is 0. The summed E-state index contributed by atoms with van der Waals surface area (Å²) in [4.78, 5) is 17.6. The number of carbonyl (C=O) groups is 1. The minimum atomic E-state index is -0.459. The highest BCUT2D eigenvalue weighted by molar-refractivity contribution is 5.90. The number of esters is 1. The lowest BCUT2D eigenvalue weighted by molar-refractivity contribution is 0.0600. The van der Waals surface area contributed by atoms with Gasteiger partial charge in [0.25, 0.3) is 0 Å². The van der Waals surface area contributed by atoms with Gasteiger partial charge >= 0.3 is 5.97 Å². The Morgan fingerprint density at radius 3 is 2.83 bits per heavy atom. The molecule has 1 rings (SSSR count). The molecule has 18 heavy (non-hydrogen) atoms. The molecule has 1 aromatic heterocycles. The van der Waals surface area contributed by atoms with Crippen LogP contribution in [0.5, 0.6) is 0 Å². The van der Waals surface area contributed by atoms with Crippen LogP contribution < -0.4 is 4.90 Å². The lowest BCUT2D eigenvalue weighted by Gasteiger charge is -2.18. The first kappa shape index (κ1) is 14.0. The molecule has 0 aromatic carbocycles. The summed E-state index contributed by atoms with van der Waals surface area (Å²) in [6.07, 6.45) is 2.11. The zero-order valence-corrected chi connectivity index (χ0v) is 10.9. The van der Waals surface area contributed by atoms with Crippen molar-refractivity contribution in [2.45, 2.75) is 19.8 Å². The van der Waals surface area contributed by atoms with E-state index in [1.54, 1.807) is 6.07 Å². The van der Waals surface area contributed by atoms with Crippen LogP contribution in [0.15, 0.2) is 12.1 Å². The number of rotatable bonds is 5. The van der Waals surface area contributed by atoms with Crippen molar-refractivity contribution >= 4 is 11.8 Å². The maximum absolute atomic E-state index is 11.5. The molecule has 0 aliphatic heterocycles. The average molecular weight is 247 g/mol. The van der Waals surface area contributed by atoms with Gasteiger partial charge in [0.1, 0.15) is 17.6 Å². The van der Waals surface area contributed by atoms with Crippen LogP contribution in [0.2, 0.25) is 0 Å². The SMILES string of the molecule is CCCCN(C)c1cc(C(=O)OC)cc(C#N)n1. The Hall–Kier alpha value is -2.09. The first-order valence-corrected chi connectivity index (χ1v) is 5.84. The molecule has 0 saturated heterocycles. The van der Waals surface area contributed by atoms with Crippen LogP contribution in [0.4, 0.5) is 5.82 Å². The number of hydrogen-bond acceptors (Lipinski definition) is 5. The van der Waals surface area contributed by atoms with Gasteiger partial charge in [0.2, 0.25) is 0 Å². The van der Waals surface area contributed by atoms with Gasteiger partial charge in [-0.15, -0.1) is 0 Å². The van der Waals surface area contributed by atoms with Crippen LogP contribution in [0.3, 0.4) is 0 Å². The maximum Gasteiger partial charge on any atom is 0.338 e. The third-order valence-electron chi connectivity index (χ3n) is 2.59. The second-order valence-electron chi connectivity index (χ2n) is 3.98. The average Bonchev–Trinajstić information content (AvgIpc) is 2.43. The molecule has 0 unspecified atom stereocenters. The fourth-order valence-corrected chi connectivity index (χ4v) is 1.51. The lowest BCUT2D eigenvalue weighted by Crippen LogP contribution is -2.20. The van der Waals surface area contributed by atoms with E-state index in [-0.39, 0.29) is 5.69 Å². The van der Waals surface area contributed by atoms with Crippen molar-refractivity contribution in [3.63, 3.8) is 0 Å². The van der Waals surface area contributed by atoms with E-state index in [0.29, 0.717) is 11.4 Å². The predicted octanol–water partition coefficient (Wildman–Crippen LogP) is 1.98. The number of methoxy groups -OCH3 is 1. The van der Waals surface area contributed by atoms with Gasteiger partial charge in [0.05, 0.1) is 12.7 Å². The predicted molar refractivity (Wildman–Crippen MR) is 68.5 cm³/mol. The third kappa shape index (κ3) is 3.45. The number of nitrogens with zero attached hydrogens (tertiary/aromatic N) is 3.